The van der Waals surface area contributed by atoms with E-state index >= 15 is 0 Å². The lowest BCUT2D eigenvalue weighted by Crippen LogP contribution is -2.01. The average Bonchev–Trinajstić information content (AvgIpc) is 3.11. The molecule has 0 heteroatoms. The molecule has 0 aliphatic heterocycles. The maximum Gasteiger partial charge on any atom is -0.0380 e. The third kappa shape index (κ3) is 5.33. The van der Waals surface area contributed by atoms with E-state index in [2.05, 4.69) is 6.92 Å². The van der Waals surface area contributed by atoms with Crippen LogP contribution in [0.4, 0.5) is 0 Å². The summed E-state index contributed by atoms with van der Waals surface area (Å²) in [4.78, 5) is 0. The Bertz CT molecular complexity index is 208. The molecule has 0 heterocycles. The van der Waals surface area contributed by atoms with E-state index in [4.69, 9.17) is 0 Å². The second-order valence-corrected chi connectivity index (χ2v) is 7.03. The van der Waals surface area contributed by atoms with Crippen molar-refractivity contribution in [1.29, 1.82) is 0 Å². The van der Waals surface area contributed by atoms with Crippen LogP contribution in [0.5, 0.6) is 0 Å². The van der Waals surface area contributed by atoms with Crippen LogP contribution in [0.25, 0.3) is 0 Å². The first-order valence-electron chi connectivity index (χ1n) is 8.90. The molecule has 0 N–H and O–H groups in total. The van der Waals surface area contributed by atoms with E-state index in [-0.39, 0.29) is 0 Å². The summed E-state index contributed by atoms with van der Waals surface area (Å²) in [6, 6.07) is 0. The van der Waals surface area contributed by atoms with Crippen molar-refractivity contribution >= 4 is 0 Å². The second kappa shape index (κ2) is 8.23. The SMILES string of the molecule is CCC1CCCCCCCCCCCC2CC2C1. The van der Waals surface area contributed by atoms with Crippen molar-refractivity contribution in [2.45, 2.75) is 96.8 Å². The van der Waals surface area contributed by atoms with Gasteiger partial charge in [-0.2, -0.15) is 0 Å². The Hall–Kier alpha value is 0. The van der Waals surface area contributed by atoms with Gasteiger partial charge in [0, 0.05) is 0 Å². The number of fused-ring (bicyclic) bond motifs is 1. The molecule has 18 heavy (non-hydrogen) atoms. The molecule has 0 saturated heterocycles. The van der Waals surface area contributed by atoms with Gasteiger partial charge in [-0.1, -0.05) is 84.0 Å². The van der Waals surface area contributed by atoms with Crippen molar-refractivity contribution in [3.63, 3.8) is 0 Å². The molecule has 0 aromatic carbocycles. The van der Waals surface area contributed by atoms with Crippen LogP contribution in [-0.4, -0.2) is 0 Å². The Morgan fingerprint density at radius 2 is 1.17 bits per heavy atom. The molecule has 0 aromatic heterocycles. The van der Waals surface area contributed by atoms with Gasteiger partial charge >= 0.3 is 0 Å². The minimum atomic E-state index is 1.06. The molecule has 0 bridgehead atoms. The summed E-state index contributed by atoms with van der Waals surface area (Å²) in [5.74, 6) is 3.34. The van der Waals surface area contributed by atoms with E-state index in [9.17, 15) is 0 Å². The summed E-state index contributed by atoms with van der Waals surface area (Å²) < 4.78 is 0. The summed E-state index contributed by atoms with van der Waals surface area (Å²) in [6.45, 7) is 2.41. The smallest absolute Gasteiger partial charge is 0.0380 e. The van der Waals surface area contributed by atoms with E-state index in [1.54, 1.807) is 19.3 Å². The van der Waals surface area contributed by atoms with Gasteiger partial charge in [-0.05, 0) is 30.6 Å². The van der Waals surface area contributed by atoms with Crippen molar-refractivity contribution in [3.8, 4) is 0 Å². The zero-order chi connectivity index (χ0) is 12.6. The number of hydrogen-bond donors (Lipinski definition) is 0. The average molecular weight is 250 g/mol. The quantitative estimate of drug-likeness (QED) is 0.509. The highest BCUT2D eigenvalue weighted by atomic mass is 14.4. The lowest BCUT2D eigenvalue weighted by atomic mass is 9.92. The van der Waals surface area contributed by atoms with Crippen molar-refractivity contribution in [3.05, 3.63) is 0 Å². The number of hydrogen-bond acceptors (Lipinski definition) is 0. The molecule has 2 fully saturated rings. The van der Waals surface area contributed by atoms with Crippen LogP contribution in [0.15, 0.2) is 0 Å². The lowest BCUT2D eigenvalue weighted by Gasteiger charge is -2.14. The maximum atomic E-state index is 2.41. The molecule has 0 spiro atoms. The van der Waals surface area contributed by atoms with E-state index in [1.807, 2.05) is 0 Å². The van der Waals surface area contributed by atoms with Crippen molar-refractivity contribution in [2.24, 2.45) is 17.8 Å². The monoisotopic (exact) mass is 250 g/mol. The van der Waals surface area contributed by atoms with Crippen molar-refractivity contribution < 1.29 is 0 Å². The fourth-order valence-corrected chi connectivity index (χ4v) is 3.95. The predicted octanol–water partition coefficient (Wildman–Crippen LogP) is 6.34. The van der Waals surface area contributed by atoms with Gasteiger partial charge < -0.3 is 0 Å². The Morgan fingerprint density at radius 3 is 1.78 bits per heavy atom. The Labute approximate surface area is 115 Å². The van der Waals surface area contributed by atoms with Gasteiger partial charge in [0.2, 0.25) is 0 Å². The molecular formula is C18H34. The zero-order valence-corrected chi connectivity index (χ0v) is 12.6. The Morgan fingerprint density at radius 1 is 0.611 bits per heavy atom. The van der Waals surface area contributed by atoms with Gasteiger partial charge in [0.1, 0.15) is 0 Å². The highest BCUT2D eigenvalue weighted by Gasteiger charge is 2.36. The van der Waals surface area contributed by atoms with E-state index in [0.29, 0.717) is 0 Å². The molecule has 106 valence electrons. The minimum Gasteiger partial charge on any atom is -0.0651 e. The van der Waals surface area contributed by atoms with Crippen LogP contribution in [0.2, 0.25) is 0 Å². The molecule has 2 rings (SSSR count). The van der Waals surface area contributed by atoms with Gasteiger partial charge in [0.05, 0.1) is 0 Å². The molecule has 2 saturated carbocycles. The molecule has 0 radical (unpaired) electrons. The van der Waals surface area contributed by atoms with Crippen LogP contribution in [0.1, 0.15) is 96.8 Å². The Kier molecular flexibility index (Phi) is 6.59. The van der Waals surface area contributed by atoms with E-state index in [1.165, 1.54) is 70.6 Å². The third-order valence-corrected chi connectivity index (χ3v) is 5.47. The summed E-state index contributed by atoms with van der Waals surface area (Å²) in [7, 11) is 0. The highest BCUT2D eigenvalue weighted by Crippen LogP contribution is 2.47. The van der Waals surface area contributed by atoms with Crippen LogP contribution >= 0.6 is 0 Å². The molecule has 0 nitrogen and oxygen atoms in total. The summed E-state index contributed by atoms with van der Waals surface area (Å²) in [6.07, 6.45) is 21.2. The van der Waals surface area contributed by atoms with Crippen LogP contribution < -0.4 is 0 Å². The zero-order valence-electron chi connectivity index (χ0n) is 12.6. The van der Waals surface area contributed by atoms with E-state index in [0.717, 1.165) is 17.8 Å². The molecule has 0 amide bonds. The predicted molar refractivity (Wildman–Crippen MR) is 80.8 cm³/mol. The molecule has 2 aliphatic carbocycles. The number of rotatable bonds is 1. The molecule has 2 aliphatic rings. The topological polar surface area (TPSA) is 0 Å². The van der Waals surface area contributed by atoms with Crippen molar-refractivity contribution in [2.75, 3.05) is 0 Å². The fraction of sp³-hybridized carbons (Fsp3) is 1.00. The van der Waals surface area contributed by atoms with Gasteiger partial charge in [-0.25, -0.2) is 0 Å². The summed E-state index contributed by atoms with van der Waals surface area (Å²) >= 11 is 0. The second-order valence-electron chi connectivity index (χ2n) is 7.03. The first-order chi connectivity index (χ1) is 8.90. The van der Waals surface area contributed by atoms with Gasteiger partial charge in [-0.15, -0.1) is 0 Å². The van der Waals surface area contributed by atoms with Gasteiger partial charge in [-0.3, -0.25) is 0 Å². The van der Waals surface area contributed by atoms with Crippen LogP contribution in [-0.2, 0) is 0 Å². The molecule has 3 atom stereocenters. The first kappa shape index (κ1) is 14.4. The fourth-order valence-electron chi connectivity index (χ4n) is 3.95. The van der Waals surface area contributed by atoms with Gasteiger partial charge in [0.25, 0.3) is 0 Å². The van der Waals surface area contributed by atoms with Crippen molar-refractivity contribution in [1.82, 2.24) is 0 Å². The van der Waals surface area contributed by atoms with Crippen LogP contribution in [0.3, 0.4) is 0 Å². The summed E-state index contributed by atoms with van der Waals surface area (Å²) in [5, 5.41) is 0. The Balaban J connectivity index is 1.70. The van der Waals surface area contributed by atoms with E-state index < -0.39 is 0 Å². The maximum absolute atomic E-state index is 2.41. The summed E-state index contributed by atoms with van der Waals surface area (Å²) in [5.41, 5.74) is 0. The van der Waals surface area contributed by atoms with Crippen LogP contribution in [0, 0.1) is 17.8 Å². The molecule has 0 aromatic rings. The largest absolute Gasteiger partial charge is 0.0651 e. The molecule has 3 unspecified atom stereocenters. The van der Waals surface area contributed by atoms with Gasteiger partial charge in [0.15, 0.2) is 0 Å². The minimum absolute atomic E-state index is 1.06. The standard InChI is InChI=1S/C18H34/c1-2-16-12-10-8-6-4-3-5-7-9-11-13-17-15-18(17)14-16/h16-18H,2-15H2,1H3. The third-order valence-electron chi connectivity index (χ3n) is 5.47. The lowest BCUT2D eigenvalue weighted by molar-refractivity contribution is 0.381. The highest BCUT2D eigenvalue weighted by molar-refractivity contribution is 4.87. The first-order valence-corrected chi connectivity index (χ1v) is 8.90. The molecular weight excluding hydrogens is 216 g/mol. The normalized spacial score (nSPS) is 36.2.